The second kappa shape index (κ2) is 10.4. The second-order valence-corrected chi connectivity index (χ2v) is 8.52. The van der Waals surface area contributed by atoms with Gasteiger partial charge in [0.15, 0.2) is 23.1 Å². The summed E-state index contributed by atoms with van der Waals surface area (Å²) in [5.74, 6) is -1.96. The molecule has 0 radical (unpaired) electrons. The summed E-state index contributed by atoms with van der Waals surface area (Å²) >= 11 is 0. The number of fused-ring (bicyclic) bond motifs is 1. The van der Waals surface area contributed by atoms with Gasteiger partial charge in [-0.25, -0.2) is 18.7 Å². The van der Waals surface area contributed by atoms with E-state index >= 15 is 0 Å². The lowest BCUT2D eigenvalue weighted by Gasteiger charge is -2.26. The van der Waals surface area contributed by atoms with E-state index in [4.69, 9.17) is 4.74 Å². The molecule has 3 aromatic heterocycles. The van der Waals surface area contributed by atoms with E-state index in [1.165, 1.54) is 16.8 Å². The molecule has 0 saturated carbocycles. The minimum Gasteiger partial charge on any atom is -0.379 e. The molecule has 4 heterocycles. The lowest BCUT2D eigenvalue weighted by atomic mass is 10.3. The maximum Gasteiger partial charge on any atom is 0.246 e. The molecule has 1 aliphatic heterocycles. The van der Waals surface area contributed by atoms with E-state index in [1.807, 2.05) is 17.5 Å². The van der Waals surface area contributed by atoms with Crippen LogP contribution in [0.1, 0.15) is 5.69 Å². The third kappa shape index (κ3) is 5.19. The first-order valence-electron chi connectivity index (χ1n) is 11.6. The zero-order valence-corrected chi connectivity index (χ0v) is 19.7. The van der Waals surface area contributed by atoms with Crippen molar-refractivity contribution in [3.8, 4) is 11.3 Å². The molecule has 10 nitrogen and oxygen atoms in total. The van der Waals surface area contributed by atoms with E-state index in [0.29, 0.717) is 11.5 Å². The third-order valence-electron chi connectivity index (χ3n) is 5.90. The van der Waals surface area contributed by atoms with Gasteiger partial charge in [-0.15, -0.1) is 0 Å². The number of imidazole rings is 1. The number of halogens is 2. The summed E-state index contributed by atoms with van der Waals surface area (Å²) in [4.78, 5) is 23.9. The first-order valence-corrected chi connectivity index (χ1v) is 11.6. The number of rotatable bonds is 8. The van der Waals surface area contributed by atoms with Gasteiger partial charge in [0.2, 0.25) is 5.91 Å². The van der Waals surface area contributed by atoms with Crippen molar-refractivity contribution in [2.24, 2.45) is 0 Å². The largest absolute Gasteiger partial charge is 0.379 e. The number of benzene rings is 1. The van der Waals surface area contributed by atoms with Crippen LogP contribution in [0.5, 0.6) is 0 Å². The van der Waals surface area contributed by atoms with Crippen molar-refractivity contribution in [3.05, 3.63) is 60.3 Å². The fourth-order valence-electron chi connectivity index (χ4n) is 4.12. The number of amides is 1. The van der Waals surface area contributed by atoms with Crippen LogP contribution < -0.4 is 10.6 Å². The molecule has 1 aliphatic rings. The topological polar surface area (TPSA) is 102 Å². The Balaban J connectivity index is 1.28. The summed E-state index contributed by atoms with van der Waals surface area (Å²) in [6.07, 6.45) is 6.95. The average Bonchev–Trinajstić information content (AvgIpc) is 3.49. The molecule has 1 aromatic carbocycles. The Morgan fingerprint density at radius 3 is 2.83 bits per heavy atom. The number of nitrogens with one attached hydrogen (secondary N) is 2. The molecule has 1 saturated heterocycles. The van der Waals surface area contributed by atoms with E-state index in [1.54, 1.807) is 18.6 Å². The Morgan fingerprint density at radius 2 is 2.00 bits per heavy atom. The molecule has 0 aliphatic carbocycles. The van der Waals surface area contributed by atoms with Crippen LogP contribution in [0.2, 0.25) is 0 Å². The number of nitrogens with zero attached hydrogens (tertiary/aromatic N) is 6. The van der Waals surface area contributed by atoms with E-state index < -0.39 is 17.5 Å². The molecule has 0 spiro atoms. The first kappa shape index (κ1) is 23.8. The Kier molecular flexibility index (Phi) is 6.87. The highest BCUT2D eigenvalue weighted by Gasteiger charge is 2.16. The van der Waals surface area contributed by atoms with Crippen LogP contribution in [-0.2, 0) is 16.1 Å². The highest BCUT2D eigenvalue weighted by Crippen LogP contribution is 2.24. The van der Waals surface area contributed by atoms with Gasteiger partial charge >= 0.3 is 0 Å². The van der Waals surface area contributed by atoms with Crippen molar-refractivity contribution in [2.45, 2.75) is 13.5 Å². The highest BCUT2D eigenvalue weighted by molar-refractivity contribution is 5.90. The summed E-state index contributed by atoms with van der Waals surface area (Å²) in [6, 6.07) is 3.61. The summed E-state index contributed by atoms with van der Waals surface area (Å²) in [6.45, 7) is 6.72. The lowest BCUT2D eigenvalue weighted by Crippen LogP contribution is -2.39. The van der Waals surface area contributed by atoms with Crippen molar-refractivity contribution in [3.63, 3.8) is 0 Å². The number of hydrogen-bond acceptors (Lipinski definition) is 7. The van der Waals surface area contributed by atoms with Gasteiger partial charge in [0.05, 0.1) is 42.7 Å². The maximum atomic E-state index is 13.8. The van der Waals surface area contributed by atoms with Crippen LogP contribution in [0.3, 0.4) is 0 Å². The quantitative estimate of drug-likeness (QED) is 0.387. The van der Waals surface area contributed by atoms with Gasteiger partial charge in [-0.2, -0.15) is 5.10 Å². The normalized spacial score (nSPS) is 14.3. The molecule has 0 unspecified atom stereocenters. The van der Waals surface area contributed by atoms with Gasteiger partial charge in [-0.05, 0) is 19.1 Å². The van der Waals surface area contributed by atoms with Crippen LogP contribution in [0, 0.1) is 18.6 Å². The predicted octanol–water partition coefficient (Wildman–Crippen LogP) is 2.56. The summed E-state index contributed by atoms with van der Waals surface area (Å²) in [7, 11) is 0. The molecule has 12 heteroatoms. The molecule has 188 valence electrons. The van der Waals surface area contributed by atoms with E-state index in [0.717, 1.165) is 62.4 Å². The fraction of sp³-hybridized carbons (Fsp3) is 0.333. The molecular weight excluding hydrogens is 470 g/mol. The summed E-state index contributed by atoms with van der Waals surface area (Å²) in [5.41, 5.74) is 2.82. The molecule has 0 atom stereocenters. The molecule has 0 bridgehead atoms. The Morgan fingerprint density at radius 1 is 1.17 bits per heavy atom. The van der Waals surface area contributed by atoms with Gasteiger partial charge in [0.1, 0.15) is 6.54 Å². The molecule has 5 rings (SSSR count). The van der Waals surface area contributed by atoms with Gasteiger partial charge < -0.3 is 15.4 Å². The van der Waals surface area contributed by atoms with Crippen molar-refractivity contribution in [2.75, 3.05) is 50.0 Å². The second-order valence-electron chi connectivity index (χ2n) is 8.52. The number of carbonyl (C=O) groups excluding carboxylic acids is 1. The predicted molar refractivity (Wildman–Crippen MR) is 130 cm³/mol. The van der Waals surface area contributed by atoms with E-state index in [2.05, 4.69) is 30.6 Å². The van der Waals surface area contributed by atoms with E-state index in [-0.39, 0.29) is 12.2 Å². The minimum atomic E-state index is -1.10. The zero-order valence-electron chi connectivity index (χ0n) is 19.7. The maximum absolute atomic E-state index is 13.8. The van der Waals surface area contributed by atoms with Gasteiger partial charge in [0.25, 0.3) is 0 Å². The van der Waals surface area contributed by atoms with Crippen LogP contribution in [0.25, 0.3) is 16.9 Å². The van der Waals surface area contributed by atoms with Gasteiger partial charge in [-0.3, -0.25) is 18.8 Å². The lowest BCUT2D eigenvalue weighted by molar-refractivity contribution is -0.116. The number of hydrogen-bond donors (Lipinski definition) is 2. The Bertz CT molecular complexity index is 1380. The number of aromatic nitrogens is 5. The van der Waals surface area contributed by atoms with E-state index in [9.17, 15) is 13.6 Å². The number of anilines is 2. The number of aryl methyl sites for hydroxylation is 1. The smallest absolute Gasteiger partial charge is 0.246 e. The molecular formula is C24H26F2N8O2. The zero-order chi connectivity index (χ0) is 25.1. The minimum absolute atomic E-state index is 0.165. The van der Waals surface area contributed by atoms with Crippen molar-refractivity contribution in [1.29, 1.82) is 0 Å². The molecule has 1 fully saturated rings. The number of ether oxygens (including phenoxy) is 1. The first-order chi connectivity index (χ1) is 17.5. The molecule has 2 N–H and O–H groups in total. The molecule has 1 amide bonds. The average molecular weight is 497 g/mol. The van der Waals surface area contributed by atoms with Gasteiger partial charge in [0, 0.05) is 44.1 Å². The van der Waals surface area contributed by atoms with Crippen molar-refractivity contribution >= 4 is 23.1 Å². The molecule has 4 aromatic rings. The van der Waals surface area contributed by atoms with Crippen molar-refractivity contribution in [1.82, 2.24) is 29.0 Å². The Hall–Kier alpha value is -3.90. The van der Waals surface area contributed by atoms with Crippen molar-refractivity contribution < 1.29 is 18.3 Å². The monoisotopic (exact) mass is 496 g/mol. The Labute approximate surface area is 205 Å². The van der Waals surface area contributed by atoms with Crippen LogP contribution >= 0.6 is 0 Å². The van der Waals surface area contributed by atoms with Crippen LogP contribution in [0.15, 0.2) is 43.0 Å². The number of carbonyl (C=O) groups is 1. The standard InChI is InChI=1S/C24H26F2N8O2/c1-16-13-34-20(12-28-24(34)23(30-16)27-5-6-32-7-9-36-10-8-32)17-11-29-33(14-17)15-21(35)31-19-4-2-3-18(25)22(19)26/h2-4,11-14H,5-10,15H2,1H3,(H,27,30)(H,31,35). The summed E-state index contributed by atoms with van der Waals surface area (Å²) in [5, 5.41) is 10.0. The van der Waals surface area contributed by atoms with Crippen LogP contribution in [-0.4, -0.2) is 74.3 Å². The summed E-state index contributed by atoms with van der Waals surface area (Å²) < 4.78 is 36.0. The molecule has 36 heavy (non-hydrogen) atoms. The number of morpholine rings is 1. The van der Waals surface area contributed by atoms with Gasteiger partial charge in [-0.1, -0.05) is 6.07 Å². The highest BCUT2D eigenvalue weighted by atomic mass is 19.2. The van der Waals surface area contributed by atoms with Crippen LogP contribution in [0.4, 0.5) is 20.3 Å². The fourth-order valence-corrected chi connectivity index (χ4v) is 4.12. The third-order valence-corrected chi connectivity index (χ3v) is 5.90. The SMILES string of the molecule is Cc1cn2c(-c3cnn(CC(=O)Nc4cccc(F)c4F)c3)cnc2c(NCCN2CCOCC2)n1.